The Kier molecular flexibility index (Phi) is 14.0. The number of hydrogen-bond donors (Lipinski definition) is 13. The molecule has 24 nitrogen and oxygen atoms in total. The molecule has 61 heavy (non-hydrogen) atoms. The molecule has 3 aliphatic rings. The summed E-state index contributed by atoms with van der Waals surface area (Å²) in [6, 6.07) is 6.82. The Hall–Kier alpha value is -4.77. The van der Waals surface area contributed by atoms with Gasteiger partial charge in [-0.3, -0.25) is 9.59 Å². The molecular formula is C37H44O24. The van der Waals surface area contributed by atoms with Crippen molar-refractivity contribution < 1.29 is 114 Å². The number of esters is 1. The average molecular weight is 873 g/mol. The Morgan fingerprint density at radius 1 is 0.721 bits per heavy atom. The third kappa shape index (κ3) is 9.67. The van der Waals surface area contributed by atoms with Gasteiger partial charge in [-0.1, -0.05) is 0 Å². The summed E-state index contributed by atoms with van der Waals surface area (Å²) in [5, 5.41) is 134. The topological polar surface area (TPSA) is 392 Å². The van der Waals surface area contributed by atoms with E-state index in [1.807, 2.05) is 0 Å². The van der Waals surface area contributed by atoms with Crippen LogP contribution in [0.15, 0.2) is 45.6 Å². The smallest absolute Gasteiger partial charge is 0.333 e. The van der Waals surface area contributed by atoms with Gasteiger partial charge in [0.15, 0.2) is 30.5 Å². The monoisotopic (exact) mass is 872 g/mol. The minimum absolute atomic E-state index is 0.0538. The highest BCUT2D eigenvalue weighted by Crippen LogP contribution is 2.39. The Morgan fingerprint density at radius 2 is 1.33 bits per heavy atom. The van der Waals surface area contributed by atoms with E-state index >= 15 is 0 Å². The van der Waals surface area contributed by atoms with E-state index in [2.05, 4.69) is 0 Å². The van der Waals surface area contributed by atoms with Gasteiger partial charge in [-0.25, -0.2) is 4.79 Å². The lowest BCUT2D eigenvalue weighted by molar-refractivity contribution is -0.362. The van der Waals surface area contributed by atoms with Crippen molar-refractivity contribution >= 4 is 22.9 Å². The van der Waals surface area contributed by atoms with Gasteiger partial charge >= 0.3 is 11.9 Å². The number of hydrogen-bond acceptors (Lipinski definition) is 23. The van der Waals surface area contributed by atoms with Crippen LogP contribution in [-0.2, 0) is 38.0 Å². The second-order valence-electron chi connectivity index (χ2n) is 14.5. The van der Waals surface area contributed by atoms with Crippen LogP contribution in [0.4, 0.5) is 0 Å². The number of aliphatic hydroxyl groups is 9. The van der Waals surface area contributed by atoms with Crippen LogP contribution in [0.1, 0.15) is 13.3 Å². The number of ether oxygens (including phenoxy) is 7. The zero-order chi connectivity index (χ0) is 44.6. The van der Waals surface area contributed by atoms with Crippen molar-refractivity contribution in [2.75, 3.05) is 13.2 Å². The number of aromatic hydroxyl groups is 3. The molecule has 3 saturated heterocycles. The number of carboxylic acids is 1. The van der Waals surface area contributed by atoms with Crippen molar-refractivity contribution in [1.29, 1.82) is 0 Å². The van der Waals surface area contributed by atoms with E-state index in [0.29, 0.717) is 0 Å². The summed E-state index contributed by atoms with van der Waals surface area (Å²) in [6.45, 7) is -0.307. The molecule has 0 saturated carbocycles. The number of benzene rings is 2. The first-order valence-electron chi connectivity index (χ1n) is 18.5. The normalized spacial score (nSPS) is 34.8. The molecule has 2 aromatic carbocycles. The first-order valence-corrected chi connectivity index (χ1v) is 18.5. The molecule has 0 spiro atoms. The number of fused-ring (bicyclic) bond motifs is 1. The van der Waals surface area contributed by atoms with Crippen molar-refractivity contribution in [2.45, 2.75) is 112 Å². The molecular weight excluding hydrogens is 828 g/mol. The van der Waals surface area contributed by atoms with E-state index < -0.39 is 164 Å². The first-order chi connectivity index (χ1) is 28.8. The predicted octanol–water partition coefficient (Wildman–Crippen LogP) is -4.18. The van der Waals surface area contributed by atoms with Crippen molar-refractivity contribution in [3.63, 3.8) is 0 Å². The quantitative estimate of drug-likeness (QED) is 0.0724. The first kappa shape index (κ1) is 45.7. The molecule has 0 aliphatic carbocycles. The fourth-order valence-corrected chi connectivity index (χ4v) is 6.72. The summed E-state index contributed by atoms with van der Waals surface area (Å²) in [6.07, 6.45) is -31.1. The van der Waals surface area contributed by atoms with Crippen molar-refractivity contribution in [3.05, 3.63) is 46.6 Å². The molecule has 1 aromatic heterocycles. The molecule has 0 bridgehead atoms. The maximum atomic E-state index is 14.2. The van der Waals surface area contributed by atoms with Crippen molar-refractivity contribution in [2.24, 2.45) is 0 Å². The lowest BCUT2D eigenvalue weighted by Gasteiger charge is -2.46. The molecule has 4 heterocycles. The molecule has 16 atom stereocenters. The molecule has 336 valence electrons. The van der Waals surface area contributed by atoms with E-state index in [-0.39, 0.29) is 16.9 Å². The fourth-order valence-electron chi connectivity index (χ4n) is 6.72. The zero-order valence-electron chi connectivity index (χ0n) is 31.6. The van der Waals surface area contributed by atoms with E-state index in [9.17, 15) is 75.7 Å². The largest absolute Gasteiger partial charge is 0.508 e. The van der Waals surface area contributed by atoms with Gasteiger partial charge in [-0.05, 0) is 31.2 Å². The van der Waals surface area contributed by atoms with Crippen LogP contribution < -0.4 is 10.2 Å². The maximum absolute atomic E-state index is 14.2. The third-order valence-electron chi connectivity index (χ3n) is 10.2. The Bertz CT molecular complexity index is 2080. The van der Waals surface area contributed by atoms with Gasteiger partial charge in [0.1, 0.15) is 95.9 Å². The molecule has 3 aliphatic heterocycles. The summed E-state index contributed by atoms with van der Waals surface area (Å²) >= 11 is 0. The van der Waals surface area contributed by atoms with Crippen LogP contribution in [0.5, 0.6) is 23.0 Å². The van der Waals surface area contributed by atoms with Gasteiger partial charge < -0.3 is 104 Å². The zero-order valence-corrected chi connectivity index (χ0v) is 31.6. The average Bonchev–Trinajstić information content (AvgIpc) is 3.21. The third-order valence-corrected chi connectivity index (χ3v) is 10.2. The number of aliphatic hydroxyl groups excluding tert-OH is 9. The SMILES string of the molecule is C[C@@H]1O[C@@H](OC[C@H]2O[C@@H](Oc3c(-c4ccc(O)cc4)oc4cc(O)cc(O)c4c3=O)[C@H](O[C@@H]3O[C@H](COC(=O)CC(O)C(=O)O)[C@@H](O)[C@H](O)[C@H]3O)[C@@H](O)[C@@H]2O)[C@H](O)[C@H](O)[C@H]1O. The molecule has 0 amide bonds. The van der Waals surface area contributed by atoms with Crippen LogP contribution in [0.2, 0.25) is 0 Å². The van der Waals surface area contributed by atoms with Gasteiger partial charge in [0.05, 0.1) is 19.1 Å². The molecule has 13 N–H and O–H groups in total. The number of carboxylic acid groups (broad SMARTS) is 1. The van der Waals surface area contributed by atoms with Crippen molar-refractivity contribution in [1.82, 2.24) is 0 Å². The second-order valence-corrected chi connectivity index (χ2v) is 14.5. The van der Waals surface area contributed by atoms with Crippen LogP contribution >= 0.6 is 0 Å². The fraction of sp³-hybridized carbons (Fsp3) is 0.541. The van der Waals surface area contributed by atoms with E-state index in [0.717, 1.165) is 12.1 Å². The second kappa shape index (κ2) is 18.7. The molecule has 1 unspecified atom stereocenters. The van der Waals surface area contributed by atoms with E-state index in [1.54, 1.807) is 0 Å². The number of phenols is 3. The van der Waals surface area contributed by atoms with Gasteiger partial charge in [0, 0.05) is 17.7 Å². The lowest BCUT2D eigenvalue weighted by atomic mass is 9.97. The Morgan fingerprint density at radius 3 is 2.00 bits per heavy atom. The minimum Gasteiger partial charge on any atom is -0.508 e. The maximum Gasteiger partial charge on any atom is 0.333 e. The van der Waals surface area contributed by atoms with Crippen LogP contribution in [0, 0.1) is 0 Å². The number of aliphatic carboxylic acids is 1. The van der Waals surface area contributed by atoms with E-state index in [4.69, 9.17) is 42.7 Å². The highest BCUT2D eigenvalue weighted by atomic mass is 16.8. The lowest BCUT2D eigenvalue weighted by Crippen LogP contribution is -2.65. The van der Waals surface area contributed by atoms with E-state index in [1.165, 1.54) is 31.2 Å². The van der Waals surface area contributed by atoms with Gasteiger partial charge in [-0.15, -0.1) is 0 Å². The summed E-state index contributed by atoms with van der Waals surface area (Å²) in [4.78, 5) is 37.2. The minimum atomic E-state index is -2.18. The predicted molar refractivity (Wildman–Crippen MR) is 193 cm³/mol. The standard InChI is InChI=1S/C37H44O24/c1-11-22(43)26(47)29(50)35(56-11)55-10-19-24(45)28(49)33(61-36-30(51)27(48)23(44)18(58-36)9-54-20(42)8-16(41)34(52)53)37(59-19)60-32-25(46)21-15(40)6-14(39)7-17(21)57-31(32)12-2-4-13(38)5-3-12/h2-7,11,16,18-19,22-24,26-30,33,35-41,43-45,47-51H,8-10H2,1H3,(H,52,53)/t11-,16?,18+,19+,22-,23+,24+,26+,27-,28-,29+,30+,33+,35+,36-,37-/m0/s1. The Balaban J connectivity index is 1.35. The van der Waals surface area contributed by atoms with Crippen LogP contribution in [0.3, 0.4) is 0 Å². The van der Waals surface area contributed by atoms with Gasteiger partial charge in [0.25, 0.3) is 0 Å². The van der Waals surface area contributed by atoms with Gasteiger partial charge in [-0.2, -0.15) is 0 Å². The summed E-state index contributed by atoms with van der Waals surface area (Å²) in [5.41, 5.74) is -1.40. The number of phenolic OH excluding ortho intramolecular Hbond substituents is 3. The summed E-state index contributed by atoms with van der Waals surface area (Å²) in [5.74, 6) is -5.67. The molecule has 6 rings (SSSR count). The molecule has 3 aromatic rings. The Labute approximate surface area is 342 Å². The number of rotatable bonds is 13. The van der Waals surface area contributed by atoms with Crippen LogP contribution in [0.25, 0.3) is 22.3 Å². The highest BCUT2D eigenvalue weighted by Gasteiger charge is 2.53. The highest BCUT2D eigenvalue weighted by molar-refractivity contribution is 5.88. The number of carbonyl (C=O) groups is 2. The molecule has 24 heteroatoms. The van der Waals surface area contributed by atoms with Gasteiger partial charge in [0.2, 0.25) is 17.5 Å². The van der Waals surface area contributed by atoms with Crippen LogP contribution in [-0.4, -0.2) is 190 Å². The molecule has 0 radical (unpaired) electrons. The number of carbonyl (C=O) groups excluding carboxylic acids is 1. The summed E-state index contributed by atoms with van der Waals surface area (Å²) in [7, 11) is 0. The molecule has 3 fully saturated rings. The summed E-state index contributed by atoms with van der Waals surface area (Å²) < 4.78 is 45.1. The van der Waals surface area contributed by atoms with Crippen molar-refractivity contribution in [3.8, 4) is 34.3 Å².